The first-order chi connectivity index (χ1) is 20.4. The molecule has 4 rings (SSSR count). The van der Waals surface area contributed by atoms with Crippen LogP contribution in [0.25, 0.3) is 19.5 Å². The molecule has 0 radical (unpaired) electrons. The van der Waals surface area contributed by atoms with Gasteiger partial charge in [0.2, 0.25) is 0 Å². The molecule has 1 aliphatic rings. The number of hydrogen-bond acceptors (Lipinski definition) is 5. The van der Waals surface area contributed by atoms with Crippen LogP contribution in [-0.2, 0) is 12.8 Å². The molecule has 2 amide bonds. The van der Waals surface area contributed by atoms with Crippen LogP contribution >= 0.6 is 65.9 Å². The minimum absolute atomic E-state index is 0.106. The van der Waals surface area contributed by atoms with E-state index in [1.165, 1.54) is 86.7 Å². The number of amides is 2. The lowest BCUT2D eigenvalue weighted by Crippen LogP contribution is -2.31. The monoisotopic (exact) mass is 753 g/mol. The van der Waals surface area contributed by atoms with E-state index in [4.69, 9.17) is 0 Å². The zero-order valence-corrected chi connectivity index (χ0v) is 31.0. The molecule has 1 aliphatic heterocycles. The van der Waals surface area contributed by atoms with E-state index < -0.39 is 0 Å². The third-order valence-corrected chi connectivity index (χ3v) is 13.6. The van der Waals surface area contributed by atoms with Crippen molar-refractivity contribution in [3.05, 3.63) is 42.0 Å². The number of fused-ring (bicyclic) bond motifs is 1. The predicted octanol–water partition coefficient (Wildman–Crippen LogP) is 12.9. The second-order valence-corrected chi connectivity index (χ2v) is 17.2. The van der Waals surface area contributed by atoms with Crippen molar-refractivity contribution in [3.63, 3.8) is 0 Å². The molecule has 0 aromatic carbocycles. The van der Waals surface area contributed by atoms with Crippen molar-refractivity contribution in [1.82, 2.24) is 4.90 Å². The molecule has 42 heavy (non-hydrogen) atoms. The lowest BCUT2D eigenvalue weighted by Gasteiger charge is -2.14. The maximum absolute atomic E-state index is 13.9. The summed E-state index contributed by atoms with van der Waals surface area (Å²) in [6, 6.07) is 4.52. The van der Waals surface area contributed by atoms with Gasteiger partial charge in [0.15, 0.2) is 0 Å². The summed E-state index contributed by atoms with van der Waals surface area (Å²) in [5.74, 6) is -0.212. The Balaban J connectivity index is 1.64. The average molecular weight is 756 g/mol. The summed E-state index contributed by atoms with van der Waals surface area (Å²) >= 11 is 12.7. The molecule has 0 spiro atoms. The molecular formula is C34H45Br2NO2S3. The number of carbonyl (C=O) groups excluding carboxylic acids is 2. The largest absolute Gasteiger partial charge is 0.274 e. The molecular weight excluding hydrogens is 710 g/mol. The topological polar surface area (TPSA) is 37.4 Å². The highest BCUT2D eigenvalue weighted by Crippen LogP contribution is 2.51. The molecule has 8 heteroatoms. The van der Waals surface area contributed by atoms with E-state index in [0.29, 0.717) is 17.7 Å². The van der Waals surface area contributed by atoms with E-state index in [9.17, 15) is 9.59 Å². The summed E-state index contributed by atoms with van der Waals surface area (Å²) in [4.78, 5) is 33.5. The first-order valence-electron chi connectivity index (χ1n) is 16.0. The maximum Gasteiger partial charge on any atom is 0.263 e. The number of hydrogen-bond donors (Lipinski definition) is 0. The number of unbranched alkanes of at least 4 members (excludes halogenated alkanes) is 11. The molecule has 0 bridgehead atoms. The smallest absolute Gasteiger partial charge is 0.263 e. The van der Waals surface area contributed by atoms with E-state index in [1.54, 1.807) is 34.0 Å². The van der Waals surface area contributed by atoms with Gasteiger partial charge >= 0.3 is 0 Å². The first kappa shape index (κ1) is 34.1. The lowest BCUT2D eigenvalue weighted by molar-refractivity contribution is 0.0652. The molecule has 230 valence electrons. The van der Waals surface area contributed by atoms with Crippen molar-refractivity contribution < 1.29 is 9.59 Å². The van der Waals surface area contributed by atoms with E-state index >= 15 is 0 Å². The van der Waals surface area contributed by atoms with Crippen LogP contribution in [0.3, 0.4) is 0 Å². The summed E-state index contributed by atoms with van der Waals surface area (Å²) in [7, 11) is 0. The quantitative estimate of drug-likeness (QED) is 0.0902. The summed E-state index contributed by atoms with van der Waals surface area (Å²) < 4.78 is 2.29. The number of thiophene rings is 3. The molecule has 4 heterocycles. The number of rotatable bonds is 19. The zero-order chi connectivity index (χ0) is 30.1. The fourth-order valence-corrected chi connectivity index (χ4v) is 10.7. The van der Waals surface area contributed by atoms with Gasteiger partial charge in [0.05, 0.1) is 28.5 Å². The van der Waals surface area contributed by atoms with Crippen molar-refractivity contribution in [3.8, 4) is 19.5 Å². The lowest BCUT2D eigenvalue weighted by atomic mass is 10.1. The van der Waals surface area contributed by atoms with Crippen LogP contribution < -0.4 is 0 Å². The molecule has 0 saturated carbocycles. The van der Waals surface area contributed by atoms with Crippen molar-refractivity contribution >= 4 is 77.7 Å². The number of halogens is 2. The molecule has 0 fully saturated rings. The Bertz CT molecular complexity index is 1250. The minimum atomic E-state index is -0.106. The van der Waals surface area contributed by atoms with Gasteiger partial charge in [-0.25, -0.2) is 0 Å². The Morgan fingerprint density at radius 1 is 0.571 bits per heavy atom. The van der Waals surface area contributed by atoms with Crippen LogP contribution in [0.4, 0.5) is 0 Å². The average Bonchev–Trinajstić information content (AvgIpc) is 3.71. The number of nitrogens with zero attached hydrogens (tertiary/aromatic N) is 1. The van der Waals surface area contributed by atoms with Gasteiger partial charge in [-0.2, -0.15) is 0 Å². The van der Waals surface area contributed by atoms with Gasteiger partial charge in [-0.05, 0) is 87.2 Å². The fourth-order valence-electron chi connectivity index (χ4n) is 5.66. The van der Waals surface area contributed by atoms with Crippen molar-refractivity contribution in [2.24, 2.45) is 0 Å². The molecule has 0 N–H and O–H groups in total. The Kier molecular flexibility index (Phi) is 13.8. The minimum Gasteiger partial charge on any atom is -0.274 e. The van der Waals surface area contributed by atoms with Gasteiger partial charge in [0.25, 0.3) is 11.8 Å². The molecule has 0 atom stereocenters. The third kappa shape index (κ3) is 8.26. The number of carbonyl (C=O) groups is 2. The van der Waals surface area contributed by atoms with Crippen molar-refractivity contribution in [2.45, 2.75) is 124 Å². The second kappa shape index (κ2) is 17.0. The Morgan fingerprint density at radius 3 is 1.43 bits per heavy atom. The van der Waals surface area contributed by atoms with Gasteiger partial charge in [-0.3, -0.25) is 14.5 Å². The van der Waals surface area contributed by atoms with Crippen molar-refractivity contribution in [2.75, 3.05) is 6.54 Å². The first-order valence-corrected chi connectivity index (χ1v) is 20.0. The number of imide groups is 1. The summed E-state index contributed by atoms with van der Waals surface area (Å²) in [5.41, 5.74) is 3.88. The van der Waals surface area contributed by atoms with Gasteiger partial charge in [-0.1, -0.05) is 91.4 Å². The molecule has 3 nitrogen and oxygen atoms in total. The highest BCUT2D eigenvalue weighted by molar-refractivity contribution is 9.11. The Hall–Kier alpha value is -0.800. The molecule has 0 aliphatic carbocycles. The van der Waals surface area contributed by atoms with Gasteiger partial charge in [-0.15, -0.1) is 34.0 Å². The van der Waals surface area contributed by atoms with Crippen LogP contribution in [0.15, 0.2) is 19.7 Å². The van der Waals surface area contributed by atoms with Crippen LogP contribution in [0, 0.1) is 0 Å². The molecule has 3 aromatic rings. The van der Waals surface area contributed by atoms with Crippen molar-refractivity contribution in [1.29, 1.82) is 0 Å². The van der Waals surface area contributed by atoms with E-state index in [2.05, 4.69) is 64.8 Å². The van der Waals surface area contributed by atoms with E-state index in [-0.39, 0.29) is 11.8 Å². The molecule has 0 saturated heterocycles. The standard InChI is InChI=1S/C34H45Br2NO2S3/c1-4-7-10-13-14-17-20-37-33(38)27-28(34(37)39)30(26-22-24(32(36)41-26)19-16-12-9-6-3)42-29(27)25-21-23(31(35)40-25)18-15-11-8-5-2/h21-22H,4-20H2,1-3H3. The number of aryl methyl sites for hydroxylation is 2. The fraction of sp³-hybridized carbons (Fsp3) is 0.588. The van der Waals surface area contributed by atoms with E-state index in [1.807, 2.05) is 0 Å². The van der Waals surface area contributed by atoms with Crippen LogP contribution in [0.2, 0.25) is 0 Å². The SMILES string of the molecule is CCCCCCCCN1C(=O)c2c(-c3cc(CCCCCC)c(Br)s3)sc(-c3cc(CCCCCC)c(Br)s3)c2C1=O. The highest BCUT2D eigenvalue weighted by Gasteiger charge is 2.42. The molecule has 3 aromatic heterocycles. The summed E-state index contributed by atoms with van der Waals surface area (Å²) in [6.07, 6.45) is 18.6. The highest BCUT2D eigenvalue weighted by atomic mass is 79.9. The van der Waals surface area contributed by atoms with Gasteiger partial charge in [0.1, 0.15) is 0 Å². The summed E-state index contributed by atoms with van der Waals surface area (Å²) in [5, 5.41) is 0. The third-order valence-electron chi connectivity index (χ3n) is 8.12. The second-order valence-electron chi connectivity index (χ2n) is 11.5. The van der Waals surface area contributed by atoms with E-state index in [0.717, 1.165) is 59.2 Å². The van der Waals surface area contributed by atoms with Gasteiger partial charge in [0, 0.05) is 16.3 Å². The van der Waals surface area contributed by atoms with Gasteiger partial charge < -0.3 is 0 Å². The Labute approximate surface area is 281 Å². The van der Waals surface area contributed by atoms with Crippen LogP contribution in [0.5, 0.6) is 0 Å². The maximum atomic E-state index is 13.9. The summed E-state index contributed by atoms with van der Waals surface area (Å²) in [6.45, 7) is 7.21. The predicted molar refractivity (Wildman–Crippen MR) is 191 cm³/mol. The Morgan fingerprint density at radius 2 is 0.976 bits per heavy atom. The van der Waals surface area contributed by atoms with Crippen LogP contribution in [-0.4, -0.2) is 23.3 Å². The zero-order valence-electron chi connectivity index (χ0n) is 25.4. The molecule has 0 unspecified atom stereocenters. The normalized spacial score (nSPS) is 13.1. The van der Waals surface area contributed by atoms with Crippen LogP contribution in [0.1, 0.15) is 143 Å².